The number of aliphatic hydroxyl groups is 1. The number of benzene rings is 1. The molecule has 6 nitrogen and oxygen atoms in total. The third-order valence-corrected chi connectivity index (χ3v) is 4.56. The van der Waals surface area contributed by atoms with E-state index >= 15 is 0 Å². The van der Waals surface area contributed by atoms with Crippen LogP contribution in [0.15, 0.2) is 18.2 Å². The van der Waals surface area contributed by atoms with E-state index < -0.39 is 0 Å². The molecule has 3 rings (SSSR count). The van der Waals surface area contributed by atoms with Gasteiger partial charge in [0.1, 0.15) is 13.2 Å². The Morgan fingerprint density at radius 3 is 2.75 bits per heavy atom. The standard InChI is InChI=1S/C18H23NO5/c20-12-13-2-1-7-19(11-13)18(22)6-4-15(21)14-3-5-16-17(10-14)24-9-8-23-16/h3,5,10,13,20H,1-2,4,6-9,11-12H2. The van der Waals surface area contributed by atoms with Gasteiger partial charge in [-0.15, -0.1) is 0 Å². The number of amides is 1. The summed E-state index contributed by atoms with van der Waals surface area (Å²) >= 11 is 0. The molecule has 1 aromatic carbocycles. The molecule has 1 atom stereocenters. The zero-order chi connectivity index (χ0) is 16.9. The van der Waals surface area contributed by atoms with Crippen LogP contribution in [0, 0.1) is 5.92 Å². The van der Waals surface area contributed by atoms with Gasteiger partial charge in [-0.25, -0.2) is 0 Å². The van der Waals surface area contributed by atoms with E-state index in [0.29, 0.717) is 43.4 Å². The predicted molar refractivity (Wildman–Crippen MR) is 87.4 cm³/mol. The first-order valence-electron chi connectivity index (χ1n) is 8.49. The topological polar surface area (TPSA) is 76.1 Å². The number of ketones is 1. The van der Waals surface area contributed by atoms with Gasteiger partial charge in [0.2, 0.25) is 5.91 Å². The molecule has 0 saturated carbocycles. The first-order valence-corrected chi connectivity index (χ1v) is 8.49. The Morgan fingerprint density at radius 2 is 1.96 bits per heavy atom. The Bertz CT molecular complexity index is 615. The van der Waals surface area contributed by atoms with E-state index in [9.17, 15) is 14.7 Å². The Morgan fingerprint density at radius 1 is 1.17 bits per heavy atom. The van der Waals surface area contributed by atoms with Gasteiger partial charge in [0, 0.05) is 38.1 Å². The first kappa shape index (κ1) is 16.8. The number of Topliss-reactive ketones (excluding diaryl/α,β-unsaturated/α-hetero) is 1. The number of nitrogens with zero attached hydrogens (tertiary/aromatic N) is 1. The van der Waals surface area contributed by atoms with Crippen molar-refractivity contribution in [1.82, 2.24) is 4.90 Å². The number of carbonyl (C=O) groups is 2. The maximum absolute atomic E-state index is 12.3. The highest BCUT2D eigenvalue weighted by Gasteiger charge is 2.23. The molecule has 0 radical (unpaired) electrons. The normalized spacial score (nSPS) is 19.9. The molecule has 0 spiro atoms. The van der Waals surface area contributed by atoms with Crippen LogP contribution in [0.1, 0.15) is 36.0 Å². The molecule has 1 aromatic rings. The molecular formula is C18H23NO5. The second-order valence-electron chi connectivity index (χ2n) is 6.31. The van der Waals surface area contributed by atoms with Gasteiger partial charge in [0.15, 0.2) is 17.3 Å². The Labute approximate surface area is 141 Å². The average Bonchev–Trinajstić information content (AvgIpc) is 2.65. The van der Waals surface area contributed by atoms with Crippen LogP contribution in [0.4, 0.5) is 0 Å². The number of rotatable bonds is 5. The maximum atomic E-state index is 12.3. The molecule has 0 aromatic heterocycles. The van der Waals surface area contributed by atoms with Crippen molar-refractivity contribution in [3.8, 4) is 11.5 Å². The smallest absolute Gasteiger partial charge is 0.223 e. The molecular weight excluding hydrogens is 310 g/mol. The summed E-state index contributed by atoms with van der Waals surface area (Å²) in [5.41, 5.74) is 0.541. The minimum absolute atomic E-state index is 0.0148. The van der Waals surface area contributed by atoms with Crippen molar-refractivity contribution in [2.75, 3.05) is 32.9 Å². The van der Waals surface area contributed by atoms with Crippen LogP contribution in [-0.2, 0) is 4.79 Å². The molecule has 1 fully saturated rings. The van der Waals surface area contributed by atoms with Crippen LogP contribution < -0.4 is 9.47 Å². The van der Waals surface area contributed by atoms with Gasteiger partial charge in [0.05, 0.1) is 0 Å². The molecule has 24 heavy (non-hydrogen) atoms. The summed E-state index contributed by atoms with van der Waals surface area (Å²) in [6, 6.07) is 5.13. The van der Waals surface area contributed by atoms with E-state index in [-0.39, 0.29) is 37.1 Å². The van der Waals surface area contributed by atoms with Gasteiger partial charge in [-0.1, -0.05) is 0 Å². The number of likely N-dealkylation sites (tertiary alicyclic amines) is 1. The van der Waals surface area contributed by atoms with Crippen LogP contribution in [0.2, 0.25) is 0 Å². The van der Waals surface area contributed by atoms with Crippen molar-refractivity contribution in [2.45, 2.75) is 25.7 Å². The van der Waals surface area contributed by atoms with E-state index in [1.54, 1.807) is 23.1 Å². The molecule has 130 valence electrons. The van der Waals surface area contributed by atoms with Crippen LogP contribution >= 0.6 is 0 Å². The summed E-state index contributed by atoms with van der Waals surface area (Å²) in [6.07, 6.45) is 2.24. The van der Waals surface area contributed by atoms with Gasteiger partial charge in [-0.2, -0.15) is 0 Å². The number of carbonyl (C=O) groups excluding carboxylic acids is 2. The SMILES string of the molecule is O=C(CCC(=O)N1CCCC(CO)C1)c1ccc2c(c1)OCCO2. The second-order valence-corrected chi connectivity index (χ2v) is 6.31. The van der Waals surface area contributed by atoms with Crippen molar-refractivity contribution in [2.24, 2.45) is 5.92 Å². The lowest BCUT2D eigenvalue weighted by Crippen LogP contribution is -2.41. The van der Waals surface area contributed by atoms with Crippen LogP contribution in [0.25, 0.3) is 0 Å². The van der Waals surface area contributed by atoms with E-state index in [1.807, 2.05) is 0 Å². The summed E-state index contributed by atoms with van der Waals surface area (Å²) in [4.78, 5) is 26.4. The van der Waals surface area contributed by atoms with Crippen LogP contribution in [-0.4, -0.2) is 54.6 Å². The highest BCUT2D eigenvalue weighted by Crippen LogP contribution is 2.31. The first-order chi connectivity index (χ1) is 11.7. The summed E-state index contributed by atoms with van der Waals surface area (Å²) in [5, 5.41) is 9.24. The number of ether oxygens (including phenoxy) is 2. The van der Waals surface area contributed by atoms with Crippen molar-refractivity contribution < 1.29 is 24.2 Å². The quantitative estimate of drug-likeness (QED) is 0.829. The van der Waals surface area contributed by atoms with Crippen LogP contribution in [0.5, 0.6) is 11.5 Å². The number of hydrogen-bond donors (Lipinski definition) is 1. The maximum Gasteiger partial charge on any atom is 0.223 e. The van der Waals surface area contributed by atoms with Crippen molar-refractivity contribution in [1.29, 1.82) is 0 Å². The minimum Gasteiger partial charge on any atom is -0.486 e. The second kappa shape index (κ2) is 7.66. The van der Waals surface area contributed by atoms with Gasteiger partial charge in [-0.3, -0.25) is 9.59 Å². The number of aliphatic hydroxyl groups excluding tert-OH is 1. The van der Waals surface area contributed by atoms with E-state index in [1.165, 1.54) is 0 Å². The fourth-order valence-corrected chi connectivity index (χ4v) is 3.18. The zero-order valence-corrected chi connectivity index (χ0v) is 13.7. The highest BCUT2D eigenvalue weighted by molar-refractivity contribution is 5.98. The van der Waals surface area contributed by atoms with Gasteiger partial charge in [-0.05, 0) is 37.0 Å². The number of hydrogen-bond acceptors (Lipinski definition) is 5. The average molecular weight is 333 g/mol. The third kappa shape index (κ3) is 3.87. The summed E-state index contributed by atoms with van der Waals surface area (Å²) < 4.78 is 10.9. The van der Waals surface area contributed by atoms with Crippen molar-refractivity contribution in [3.05, 3.63) is 23.8 Å². The van der Waals surface area contributed by atoms with E-state index in [2.05, 4.69) is 0 Å². The Hall–Kier alpha value is -2.08. The number of piperidine rings is 1. The summed E-state index contributed by atoms with van der Waals surface area (Å²) in [6.45, 7) is 2.41. The number of fused-ring (bicyclic) bond motifs is 1. The highest BCUT2D eigenvalue weighted by atomic mass is 16.6. The molecule has 6 heteroatoms. The molecule has 1 saturated heterocycles. The lowest BCUT2D eigenvalue weighted by atomic mass is 9.98. The molecule has 2 aliphatic heterocycles. The lowest BCUT2D eigenvalue weighted by molar-refractivity contribution is -0.133. The summed E-state index contributed by atoms with van der Waals surface area (Å²) in [5.74, 6) is 1.31. The Balaban J connectivity index is 1.54. The lowest BCUT2D eigenvalue weighted by Gasteiger charge is -2.31. The molecule has 0 bridgehead atoms. The van der Waals surface area contributed by atoms with Gasteiger partial charge >= 0.3 is 0 Å². The fraction of sp³-hybridized carbons (Fsp3) is 0.556. The monoisotopic (exact) mass is 333 g/mol. The van der Waals surface area contributed by atoms with Gasteiger partial charge < -0.3 is 19.5 Å². The largest absolute Gasteiger partial charge is 0.486 e. The molecule has 1 N–H and O–H groups in total. The predicted octanol–water partition coefficient (Wildman–Crippen LogP) is 1.65. The van der Waals surface area contributed by atoms with Crippen molar-refractivity contribution in [3.63, 3.8) is 0 Å². The van der Waals surface area contributed by atoms with E-state index in [0.717, 1.165) is 12.8 Å². The van der Waals surface area contributed by atoms with Gasteiger partial charge in [0.25, 0.3) is 0 Å². The Kier molecular flexibility index (Phi) is 5.35. The molecule has 1 amide bonds. The third-order valence-electron chi connectivity index (χ3n) is 4.56. The summed E-state index contributed by atoms with van der Waals surface area (Å²) in [7, 11) is 0. The fourth-order valence-electron chi connectivity index (χ4n) is 3.18. The molecule has 1 unspecified atom stereocenters. The zero-order valence-electron chi connectivity index (χ0n) is 13.7. The molecule has 0 aliphatic carbocycles. The molecule has 2 aliphatic rings. The molecule has 2 heterocycles. The van der Waals surface area contributed by atoms with Crippen LogP contribution in [0.3, 0.4) is 0 Å². The van der Waals surface area contributed by atoms with E-state index in [4.69, 9.17) is 9.47 Å². The minimum atomic E-state index is -0.0731. The van der Waals surface area contributed by atoms with Crippen molar-refractivity contribution >= 4 is 11.7 Å².